The second kappa shape index (κ2) is 5.18. The SMILES string of the molecule is C=CCC(C)c1csc(CCC)n1. The van der Waals surface area contributed by atoms with Gasteiger partial charge in [-0.3, -0.25) is 0 Å². The van der Waals surface area contributed by atoms with Crippen molar-refractivity contribution >= 4 is 11.3 Å². The average molecular weight is 195 g/mol. The second-order valence-electron chi connectivity index (χ2n) is 3.34. The summed E-state index contributed by atoms with van der Waals surface area (Å²) in [7, 11) is 0. The summed E-state index contributed by atoms with van der Waals surface area (Å²) in [5.74, 6) is 0.527. The molecule has 0 spiro atoms. The van der Waals surface area contributed by atoms with Gasteiger partial charge in [0.1, 0.15) is 0 Å². The summed E-state index contributed by atoms with van der Waals surface area (Å²) < 4.78 is 0. The number of hydrogen-bond donors (Lipinski definition) is 0. The molecule has 1 atom stereocenters. The smallest absolute Gasteiger partial charge is 0.0928 e. The highest BCUT2D eigenvalue weighted by Gasteiger charge is 2.07. The van der Waals surface area contributed by atoms with Crippen LogP contribution in [0.1, 0.15) is 43.3 Å². The number of allylic oxidation sites excluding steroid dienone is 1. The number of aromatic nitrogens is 1. The number of aryl methyl sites for hydroxylation is 1. The summed E-state index contributed by atoms with van der Waals surface area (Å²) in [6.07, 6.45) is 5.28. The van der Waals surface area contributed by atoms with Crippen molar-refractivity contribution in [1.82, 2.24) is 4.98 Å². The first-order valence-corrected chi connectivity index (χ1v) is 5.71. The van der Waals surface area contributed by atoms with Gasteiger partial charge in [-0.1, -0.05) is 19.9 Å². The van der Waals surface area contributed by atoms with Crippen molar-refractivity contribution in [2.45, 2.75) is 39.0 Å². The van der Waals surface area contributed by atoms with Crippen LogP contribution in [-0.2, 0) is 6.42 Å². The molecule has 1 nitrogen and oxygen atoms in total. The minimum atomic E-state index is 0.527. The zero-order chi connectivity index (χ0) is 9.68. The summed E-state index contributed by atoms with van der Waals surface area (Å²) in [6, 6.07) is 0. The highest BCUT2D eigenvalue weighted by molar-refractivity contribution is 7.09. The molecule has 0 amide bonds. The number of hydrogen-bond acceptors (Lipinski definition) is 2. The molecule has 0 aliphatic heterocycles. The summed E-state index contributed by atoms with van der Waals surface area (Å²) in [6.45, 7) is 8.13. The van der Waals surface area contributed by atoms with Gasteiger partial charge in [0.15, 0.2) is 0 Å². The van der Waals surface area contributed by atoms with E-state index in [0.717, 1.165) is 12.8 Å². The van der Waals surface area contributed by atoms with Crippen LogP contribution in [0.25, 0.3) is 0 Å². The molecule has 72 valence electrons. The van der Waals surface area contributed by atoms with Gasteiger partial charge in [-0.15, -0.1) is 17.9 Å². The van der Waals surface area contributed by atoms with E-state index in [4.69, 9.17) is 0 Å². The Hall–Kier alpha value is -0.630. The zero-order valence-electron chi connectivity index (χ0n) is 8.42. The standard InChI is InChI=1S/C11H17NS/c1-4-6-9(3)10-8-13-11(12-10)7-5-2/h4,8-9H,1,5-7H2,2-3H3. The summed E-state index contributed by atoms with van der Waals surface area (Å²) >= 11 is 1.78. The van der Waals surface area contributed by atoms with E-state index in [2.05, 4.69) is 30.8 Å². The first kappa shape index (κ1) is 10.5. The van der Waals surface area contributed by atoms with E-state index in [9.17, 15) is 0 Å². The first-order chi connectivity index (χ1) is 6.27. The third-order valence-corrected chi connectivity index (χ3v) is 2.99. The summed E-state index contributed by atoms with van der Waals surface area (Å²) in [5, 5.41) is 3.45. The third-order valence-electron chi connectivity index (χ3n) is 2.06. The van der Waals surface area contributed by atoms with Crippen LogP contribution in [-0.4, -0.2) is 4.98 Å². The first-order valence-electron chi connectivity index (χ1n) is 4.83. The number of thiazole rings is 1. The van der Waals surface area contributed by atoms with Crippen LogP contribution in [0, 0.1) is 0 Å². The van der Waals surface area contributed by atoms with Gasteiger partial charge in [0.05, 0.1) is 10.7 Å². The predicted octanol–water partition coefficient (Wildman–Crippen LogP) is 3.78. The van der Waals surface area contributed by atoms with E-state index in [1.165, 1.54) is 17.1 Å². The van der Waals surface area contributed by atoms with Crippen LogP contribution >= 0.6 is 11.3 Å². The Morgan fingerprint density at radius 3 is 3.08 bits per heavy atom. The Kier molecular flexibility index (Phi) is 4.16. The van der Waals surface area contributed by atoms with Crippen molar-refractivity contribution < 1.29 is 0 Å². The number of nitrogens with zero attached hydrogens (tertiary/aromatic N) is 1. The Morgan fingerprint density at radius 1 is 1.69 bits per heavy atom. The molecule has 1 unspecified atom stereocenters. The molecule has 0 saturated heterocycles. The van der Waals surface area contributed by atoms with Gasteiger partial charge in [0.25, 0.3) is 0 Å². The van der Waals surface area contributed by atoms with Crippen molar-refractivity contribution in [2.24, 2.45) is 0 Å². The average Bonchev–Trinajstić information content (AvgIpc) is 2.54. The Bertz CT molecular complexity index is 265. The highest BCUT2D eigenvalue weighted by Crippen LogP contribution is 2.22. The fourth-order valence-electron chi connectivity index (χ4n) is 1.25. The molecule has 0 bridgehead atoms. The Labute approximate surface area is 84.5 Å². The minimum absolute atomic E-state index is 0.527. The van der Waals surface area contributed by atoms with Gasteiger partial charge in [-0.05, 0) is 19.3 Å². The van der Waals surface area contributed by atoms with Crippen LogP contribution in [0.2, 0.25) is 0 Å². The maximum atomic E-state index is 4.59. The van der Waals surface area contributed by atoms with Crippen molar-refractivity contribution in [2.75, 3.05) is 0 Å². The van der Waals surface area contributed by atoms with E-state index < -0.39 is 0 Å². The van der Waals surface area contributed by atoms with Crippen LogP contribution in [0.4, 0.5) is 0 Å². The topological polar surface area (TPSA) is 12.9 Å². The van der Waals surface area contributed by atoms with Gasteiger partial charge in [-0.2, -0.15) is 0 Å². The molecule has 0 N–H and O–H groups in total. The lowest BCUT2D eigenvalue weighted by Crippen LogP contribution is -1.92. The van der Waals surface area contributed by atoms with Crippen molar-refractivity contribution in [3.05, 3.63) is 28.7 Å². The molecule has 0 radical (unpaired) electrons. The molecule has 0 saturated carbocycles. The molecule has 1 aromatic rings. The van der Waals surface area contributed by atoms with E-state index in [0.29, 0.717) is 5.92 Å². The van der Waals surface area contributed by atoms with Crippen molar-refractivity contribution in [3.8, 4) is 0 Å². The van der Waals surface area contributed by atoms with Crippen LogP contribution < -0.4 is 0 Å². The maximum Gasteiger partial charge on any atom is 0.0928 e. The van der Waals surface area contributed by atoms with Crippen LogP contribution in [0.3, 0.4) is 0 Å². The van der Waals surface area contributed by atoms with Crippen molar-refractivity contribution in [3.63, 3.8) is 0 Å². The van der Waals surface area contributed by atoms with Crippen molar-refractivity contribution in [1.29, 1.82) is 0 Å². The van der Waals surface area contributed by atoms with Gasteiger partial charge in [0.2, 0.25) is 0 Å². The third kappa shape index (κ3) is 2.96. The van der Waals surface area contributed by atoms with Gasteiger partial charge in [-0.25, -0.2) is 4.98 Å². The van der Waals surface area contributed by atoms with Gasteiger partial charge >= 0.3 is 0 Å². The highest BCUT2D eigenvalue weighted by atomic mass is 32.1. The molecule has 0 aromatic carbocycles. The monoisotopic (exact) mass is 195 g/mol. The second-order valence-corrected chi connectivity index (χ2v) is 4.28. The molecular formula is C11H17NS. The maximum absolute atomic E-state index is 4.59. The van der Waals surface area contributed by atoms with Gasteiger partial charge < -0.3 is 0 Å². The molecule has 1 heterocycles. The predicted molar refractivity (Wildman–Crippen MR) is 59.3 cm³/mol. The molecule has 1 rings (SSSR count). The fourth-order valence-corrected chi connectivity index (χ4v) is 2.27. The molecular weight excluding hydrogens is 178 g/mol. The lowest BCUT2D eigenvalue weighted by atomic mass is 10.1. The van der Waals surface area contributed by atoms with E-state index >= 15 is 0 Å². The molecule has 0 aliphatic carbocycles. The lowest BCUT2D eigenvalue weighted by molar-refractivity contribution is 0.748. The minimum Gasteiger partial charge on any atom is -0.246 e. The molecule has 0 aliphatic rings. The Morgan fingerprint density at radius 2 is 2.46 bits per heavy atom. The van der Waals surface area contributed by atoms with Gasteiger partial charge in [0, 0.05) is 11.3 Å². The van der Waals surface area contributed by atoms with E-state index in [-0.39, 0.29) is 0 Å². The quantitative estimate of drug-likeness (QED) is 0.652. The largest absolute Gasteiger partial charge is 0.246 e. The summed E-state index contributed by atoms with van der Waals surface area (Å²) in [4.78, 5) is 4.59. The zero-order valence-corrected chi connectivity index (χ0v) is 9.23. The summed E-state index contributed by atoms with van der Waals surface area (Å²) in [5.41, 5.74) is 1.23. The molecule has 2 heteroatoms. The number of rotatable bonds is 5. The molecule has 1 aromatic heterocycles. The lowest BCUT2D eigenvalue weighted by Gasteiger charge is -2.02. The molecule has 13 heavy (non-hydrogen) atoms. The van der Waals surface area contributed by atoms with E-state index in [1.807, 2.05) is 6.08 Å². The van der Waals surface area contributed by atoms with Crippen LogP contribution in [0.15, 0.2) is 18.0 Å². The molecule has 0 fully saturated rings. The normalized spacial score (nSPS) is 12.8. The fraction of sp³-hybridized carbons (Fsp3) is 0.545. The van der Waals surface area contributed by atoms with E-state index in [1.54, 1.807) is 11.3 Å². The van der Waals surface area contributed by atoms with Crippen LogP contribution in [0.5, 0.6) is 0 Å². The Balaban J connectivity index is 2.61.